The molecular weight excluding hydrogens is 275 g/mol. The molecule has 0 amide bonds. The molecule has 0 aliphatic heterocycles. The van der Waals surface area contributed by atoms with Crippen LogP contribution in [0.1, 0.15) is 39.7 Å². The van der Waals surface area contributed by atoms with Crippen molar-refractivity contribution in [3.8, 4) is 6.07 Å². The van der Waals surface area contributed by atoms with E-state index in [1.54, 1.807) is 18.2 Å². The molecule has 0 aliphatic rings. The third kappa shape index (κ3) is 6.41. The zero-order chi connectivity index (χ0) is 17.0. The highest BCUT2D eigenvalue weighted by molar-refractivity contribution is 5.63. The van der Waals surface area contributed by atoms with Crippen LogP contribution in [0.4, 0.5) is 15.8 Å². The summed E-state index contributed by atoms with van der Waals surface area (Å²) in [6.45, 7) is 8.25. The van der Waals surface area contributed by atoms with Crippen LogP contribution >= 0.6 is 0 Å². The van der Waals surface area contributed by atoms with E-state index in [-0.39, 0.29) is 5.82 Å². The Labute approximate surface area is 133 Å². The summed E-state index contributed by atoms with van der Waals surface area (Å²) in [7, 11) is 1.86. The van der Waals surface area contributed by atoms with Gasteiger partial charge in [-0.05, 0) is 42.5 Å². The van der Waals surface area contributed by atoms with Crippen LogP contribution in [-0.4, -0.2) is 7.05 Å². The van der Waals surface area contributed by atoms with Gasteiger partial charge in [0.2, 0.25) is 0 Å². The van der Waals surface area contributed by atoms with Crippen LogP contribution in [0.5, 0.6) is 0 Å². The number of hydrogen-bond acceptors (Lipinski definition) is 2. The van der Waals surface area contributed by atoms with Crippen LogP contribution in [0.15, 0.2) is 48.5 Å². The van der Waals surface area contributed by atoms with E-state index in [0.29, 0.717) is 5.56 Å². The molecule has 3 heteroatoms. The lowest BCUT2D eigenvalue weighted by atomic mass is 10.2. The minimum atomic E-state index is -0.261. The Morgan fingerprint density at radius 1 is 1.00 bits per heavy atom. The van der Waals surface area contributed by atoms with Crippen molar-refractivity contribution in [1.29, 1.82) is 5.26 Å². The first kappa shape index (κ1) is 19.7. The molecule has 0 saturated carbocycles. The van der Waals surface area contributed by atoms with Crippen LogP contribution in [0.3, 0.4) is 0 Å². The van der Waals surface area contributed by atoms with Crippen molar-refractivity contribution in [2.45, 2.75) is 34.1 Å². The molecule has 0 aliphatic carbocycles. The molecule has 0 bridgehead atoms. The highest BCUT2D eigenvalue weighted by Gasteiger charge is 2.04. The van der Waals surface area contributed by atoms with E-state index in [9.17, 15) is 4.39 Å². The summed E-state index contributed by atoms with van der Waals surface area (Å²) >= 11 is 0. The van der Waals surface area contributed by atoms with Crippen LogP contribution in [0.25, 0.3) is 0 Å². The van der Waals surface area contributed by atoms with Crippen molar-refractivity contribution in [3.63, 3.8) is 0 Å². The molecular formula is C19H25FN2. The van der Waals surface area contributed by atoms with Gasteiger partial charge in [-0.3, -0.25) is 0 Å². The van der Waals surface area contributed by atoms with Crippen LogP contribution in [0.2, 0.25) is 0 Å². The molecule has 0 atom stereocenters. The molecule has 0 saturated heterocycles. The summed E-state index contributed by atoms with van der Waals surface area (Å²) in [5.74, 6) is -0.261. The minimum absolute atomic E-state index is 0.261. The molecule has 0 fully saturated rings. The Morgan fingerprint density at radius 2 is 1.55 bits per heavy atom. The van der Waals surface area contributed by atoms with Crippen molar-refractivity contribution < 1.29 is 4.39 Å². The standard InChI is InChI=1S/C14H11FN2.C3H8.C2H6/c1-17(14-4-2-3-12(15)9-14)13-7-5-11(10-16)6-8-13;1-3-2;1-2/h2-9H,1H3;3H2,1-2H3;1-2H3. The van der Waals surface area contributed by atoms with E-state index in [0.717, 1.165) is 11.4 Å². The van der Waals surface area contributed by atoms with E-state index in [2.05, 4.69) is 19.9 Å². The van der Waals surface area contributed by atoms with Gasteiger partial charge in [0.15, 0.2) is 0 Å². The first-order valence-electron chi connectivity index (χ1n) is 7.61. The van der Waals surface area contributed by atoms with Gasteiger partial charge in [0, 0.05) is 18.4 Å². The Bertz CT molecular complexity index is 571. The zero-order valence-corrected chi connectivity index (χ0v) is 14.1. The molecule has 118 valence electrons. The predicted octanol–water partition coefficient (Wildman–Crippen LogP) is 5.91. The highest BCUT2D eigenvalue weighted by Crippen LogP contribution is 2.23. The first-order valence-corrected chi connectivity index (χ1v) is 7.61. The summed E-state index contributed by atoms with van der Waals surface area (Å²) < 4.78 is 13.1. The van der Waals surface area contributed by atoms with Crippen LogP contribution < -0.4 is 4.90 Å². The highest BCUT2D eigenvalue weighted by atomic mass is 19.1. The Morgan fingerprint density at radius 3 is 2.00 bits per heavy atom. The third-order valence-corrected chi connectivity index (χ3v) is 2.58. The molecule has 0 unspecified atom stereocenters. The molecule has 2 aromatic carbocycles. The molecule has 0 spiro atoms. The van der Waals surface area contributed by atoms with Crippen LogP contribution in [0, 0.1) is 17.1 Å². The van der Waals surface area contributed by atoms with E-state index in [1.165, 1.54) is 18.6 Å². The van der Waals surface area contributed by atoms with Crippen LogP contribution in [-0.2, 0) is 0 Å². The minimum Gasteiger partial charge on any atom is -0.345 e. The molecule has 2 nitrogen and oxygen atoms in total. The summed E-state index contributed by atoms with van der Waals surface area (Å²) in [5, 5.41) is 8.71. The molecule has 0 radical (unpaired) electrons. The van der Waals surface area contributed by atoms with Gasteiger partial charge < -0.3 is 4.90 Å². The maximum absolute atomic E-state index is 13.1. The van der Waals surface area contributed by atoms with E-state index >= 15 is 0 Å². The summed E-state index contributed by atoms with van der Waals surface area (Å²) in [6, 6.07) is 15.6. The fraction of sp³-hybridized carbons (Fsp3) is 0.316. The van der Waals surface area contributed by atoms with Crippen molar-refractivity contribution >= 4 is 11.4 Å². The zero-order valence-electron chi connectivity index (χ0n) is 14.1. The second-order valence-electron chi connectivity index (χ2n) is 4.40. The van der Waals surface area contributed by atoms with Crippen molar-refractivity contribution in [1.82, 2.24) is 0 Å². The Balaban J connectivity index is 0.000000789. The number of hydrogen-bond donors (Lipinski definition) is 0. The Hall–Kier alpha value is -2.34. The number of anilines is 2. The van der Waals surface area contributed by atoms with E-state index in [4.69, 9.17) is 5.26 Å². The second kappa shape index (κ2) is 11.3. The summed E-state index contributed by atoms with van der Waals surface area (Å²) in [6.07, 6.45) is 1.25. The topological polar surface area (TPSA) is 27.0 Å². The van der Waals surface area contributed by atoms with Crippen molar-refractivity contribution in [3.05, 3.63) is 59.9 Å². The number of nitrogens with zero attached hydrogens (tertiary/aromatic N) is 2. The third-order valence-electron chi connectivity index (χ3n) is 2.58. The fourth-order valence-corrected chi connectivity index (χ4v) is 1.59. The molecule has 0 heterocycles. The predicted molar refractivity (Wildman–Crippen MR) is 92.9 cm³/mol. The maximum Gasteiger partial charge on any atom is 0.125 e. The number of rotatable bonds is 2. The Kier molecular flexibility index (Phi) is 10.1. The lowest BCUT2D eigenvalue weighted by Crippen LogP contribution is -2.09. The SMILES string of the molecule is CC.CCC.CN(c1ccc(C#N)cc1)c1cccc(F)c1. The van der Waals surface area contributed by atoms with Crippen molar-refractivity contribution in [2.24, 2.45) is 0 Å². The lowest BCUT2D eigenvalue weighted by molar-refractivity contribution is 0.628. The van der Waals surface area contributed by atoms with Gasteiger partial charge in [-0.25, -0.2) is 4.39 Å². The van der Waals surface area contributed by atoms with Gasteiger partial charge in [0.25, 0.3) is 0 Å². The fourth-order valence-electron chi connectivity index (χ4n) is 1.59. The monoisotopic (exact) mass is 300 g/mol. The number of halogens is 1. The summed E-state index contributed by atoms with van der Waals surface area (Å²) in [4.78, 5) is 1.87. The summed E-state index contributed by atoms with van der Waals surface area (Å²) in [5.41, 5.74) is 2.30. The molecule has 0 aromatic heterocycles. The first-order chi connectivity index (χ1) is 10.6. The quantitative estimate of drug-likeness (QED) is 0.689. The average molecular weight is 300 g/mol. The normalized spacial score (nSPS) is 8.59. The van der Waals surface area contributed by atoms with Gasteiger partial charge in [0.1, 0.15) is 5.82 Å². The number of benzene rings is 2. The van der Waals surface area contributed by atoms with Gasteiger partial charge in [-0.1, -0.05) is 40.2 Å². The second-order valence-corrected chi connectivity index (χ2v) is 4.40. The average Bonchev–Trinajstić information content (AvgIpc) is 2.57. The maximum atomic E-state index is 13.1. The molecule has 2 aromatic rings. The smallest absolute Gasteiger partial charge is 0.125 e. The largest absolute Gasteiger partial charge is 0.345 e. The lowest BCUT2D eigenvalue weighted by Gasteiger charge is -2.19. The van der Waals surface area contributed by atoms with Gasteiger partial charge >= 0.3 is 0 Å². The van der Waals surface area contributed by atoms with Gasteiger partial charge in [-0.2, -0.15) is 5.26 Å². The molecule has 2 rings (SSSR count). The van der Waals surface area contributed by atoms with E-state index < -0.39 is 0 Å². The van der Waals surface area contributed by atoms with Gasteiger partial charge in [-0.15, -0.1) is 0 Å². The van der Waals surface area contributed by atoms with E-state index in [1.807, 2.05) is 44.0 Å². The van der Waals surface area contributed by atoms with Crippen molar-refractivity contribution in [2.75, 3.05) is 11.9 Å². The molecule has 22 heavy (non-hydrogen) atoms. The number of nitriles is 1. The molecule has 0 N–H and O–H groups in total. The van der Waals surface area contributed by atoms with Gasteiger partial charge in [0.05, 0.1) is 11.6 Å².